The van der Waals surface area contributed by atoms with Gasteiger partial charge in [-0.15, -0.1) is 0 Å². The molecule has 0 fully saturated rings. The lowest BCUT2D eigenvalue weighted by molar-refractivity contribution is 0.171. The van der Waals surface area contributed by atoms with Gasteiger partial charge < -0.3 is 28.8 Å². The summed E-state index contributed by atoms with van der Waals surface area (Å²) in [6.07, 6.45) is 0. The van der Waals surface area contributed by atoms with E-state index in [1.54, 1.807) is 32.4 Å². The summed E-state index contributed by atoms with van der Waals surface area (Å²) in [5, 5.41) is 7.08. The van der Waals surface area contributed by atoms with Gasteiger partial charge in [-0.2, -0.15) is 4.98 Å². The van der Waals surface area contributed by atoms with Crippen molar-refractivity contribution in [1.82, 2.24) is 10.1 Å². The van der Waals surface area contributed by atoms with Crippen molar-refractivity contribution in [2.24, 2.45) is 0 Å². The number of nitrogens with one attached hydrogen (secondary N) is 1. The maximum absolute atomic E-state index is 5.57. The smallest absolute Gasteiger partial charge is 0.326 e. The number of anilines is 2. The second-order valence-electron chi connectivity index (χ2n) is 5.47. The highest BCUT2D eigenvalue weighted by Gasteiger charge is 2.16. The molecule has 1 aliphatic rings. The predicted molar refractivity (Wildman–Crippen MR) is 93.6 cm³/mol. The van der Waals surface area contributed by atoms with Crippen molar-refractivity contribution in [1.29, 1.82) is 0 Å². The summed E-state index contributed by atoms with van der Waals surface area (Å²) in [4.78, 5) is 4.38. The van der Waals surface area contributed by atoms with Gasteiger partial charge in [0.1, 0.15) is 24.7 Å². The fraction of sp³-hybridized carbons (Fsp3) is 0.222. The van der Waals surface area contributed by atoms with E-state index < -0.39 is 0 Å². The minimum absolute atomic E-state index is 0.251. The zero-order valence-corrected chi connectivity index (χ0v) is 14.3. The van der Waals surface area contributed by atoms with Gasteiger partial charge in [-0.25, -0.2) is 0 Å². The number of hydrogen-bond donors (Lipinski definition) is 1. The standard InChI is InChI=1S/C18H17N3O5/c1-22-12-4-6-14(23-2)13(10-12)17-20-18(26-21-17)19-11-3-5-15-16(9-11)25-8-7-24-15/h3-6,9-10H,7-8H2,1-2H3,(H,19,20,21). The van der Waals surface area contributed by atoms with Crippen molar-refractivity contribution in [3.05, 3.63) is 36.4 Å². The summed E-state index contributed by atoms with van der Waals surface area (Å²) < 4.78 is 27.0. The van der Waals surface area contributed by atoms with Crippen LogP contribution in [-0.4, -0.2) is 37.6 Å². The maximum Gasteiger partial charge on any atom is 0.326 e. The fourth-order valence-electron chi connectivity index (χ4n) is 2.62. The first kappa shape index (κ1) is 16.1. The van der Waals surface area contributed by atoms with Crippen LogP contribution in [0.25, 0.3) is 11.4 Å². The van der Waals surface area contributed by atoms with Crippen LogP contribution < -0.4 is 24.3 Å². The molecule has 0 bridgehead atoms. The molecule has 1 aromatic heterocycles. The van der Waals surface area contributed by atoms with Gasteiger partial charge in [-0.05, 0) is 30.3 Å². The van der Waals surface area contributed by atoms with Crippen LogP contribution in [0.3, 0.4) is 0 Å². The Hall–Kier alpha value is -3.42. The zero-order valence-electron chi connectivity index (χ0n) is 14.3. The second kappa shape index (κ2) is 6.83. The molecule has 8 nitrogen and oxygen atoms in total. The van der Waals surface area contributed by atoms with Gasteiger partial charge in [-0.1, -0.05) is 5.16 Å². The molecule has 1 N–H and O–H groups in total. The molecule has 134 valence electrons. The first-order chi connectivity index (χ1) is 12.8. The quantitative estimate of drug-likeness (QED) is 0.746. The third-order valence-corrected chi connectivity index (χ3v) is 3.87. The van der Waals surface area contributed by atoms with Crippen molar-refractivity contribution in [3.63, 3.8) is 0 Å². The molecule has 0 aliphatic carbocycles. The average Bonchev–Trinajstić information content (AvgIpc) is 3.15. The van der Waals surface area contributed by atoms with Crippen LogP contribution in [0.1, 0.15) is 0 Å². The van der Waals surface area contributed by atoms with Gasteiger partial charge in [0.2, 0.25) is 5.82 Å². The molecule has 2 heterocycles. The summed E-state index contributed by atoms with van der Waals surface area (Å²) >= 11 is 0. The Morgan fingerprint density at radius 3 is 2.62 bits per heavy atom. The molecule has 4 rings (SSSR count). The fourth-order valence-corrected chi connectivity index (χ4v) is 2.62. The molecule has 3 aromatic rings. The largest absolute Gasteiger partial charge is 0.497 e. The van der Waals surface area contributed by atoms with E-state index in [0.29, 0.717) is 47.6 Å². The second-order valence-corrected chi connectivity index (χ2v) is 5.47. The highest BCUT2D eigenvalue weighted by molar-refractivity contribution is 5.67. The lowest BCUT2D eigenvalue weighted by Crippen LogP contribution is -2.15. The Kier molecular flexibility index (Phi) is 4.22. The average molecular weight is 355 g/mol. The summed E-state index contributed by atoms with van der Waals surface area (Å²) in [5.74, 6) is 3.08. The minimum atomic E-state index is 0.251. The Bertz CT molecular complexity index is 925. The van der Waals surface area contributed by atoms with Crippen LogP contribution in [0.2, 0.25) is 0 Å². The summed E-state index contributed by atoms with van der Waals surface area (Å²) in [6, 6.07) is 11.1. The summed E-state index contributed by atoms with van der Waals surface area (Å²) in [6.45, 7) is 1.08. The number of ether oxygens (including phenoxy) is 4. The van der Waals surface area contributed by atoms with Gasteiger partial charge >= 0.3 is 6.01 Å². The van der Waals surface area contributed by atoms with E-state index in [1.165, 1.54) is 0 Å². The first-order valence-corrected chi connectivity index (χ1v) is 7.99. The molecular weight excluding hydrogens is 338 g/mol. The molecule has 0 saturated carbocycles. The number of benzene rings is 2. The number of hydrogen-bond acceptors (Lipinski definition) is 8. The van der Waals surface area contributed by atoms with Gasteiger partial charge in [-0.3, -0.25) is 0 Å². The van der Waals surface area contributed by atoms with Crippen LogP contribution in [0, 0.1) is 0 Å². The Labute approximate surface area is 149 Å². The topological polar surface area (TPSA) is 87.9 Å². The maximum atomic E-state index is 5.57. The van der Waals surface area contributed by atoms with E-state index in [2.05, 4.69) is 15.5 Å². The first-order valence-electron chi connectivity index (χ1n) is 7.99. The Balaban J connectivity index is 1.59. The highest BCUT2D eigenvalue weighted by atomic mass is 16.6. The van der Waals surface area contributed by atoms with Crippen LogP contribution in [0.5, 0.6) is 23.0 Å². The molecule has 0 unspecified atom stereocenters. The normalized spacial score (nSPS) is 12.5. The van der Waals surface area contributed by atoms with Gasteiger partial charge in [0.05, 0.1) is 19.8 Å². The highest BCUT2D eigenvalue weighted by Crippen LogP contribution is 2.35. The third kappa shape index (κ3) is 3.08. The Morgan fingerprint density at radius 2 is 1.81 bits per heavy atom. The number of methoxy groups -OCH3 is 2. The van der Waals surface area contributed by atoms with Gasteiger partial charge in [0.25, 0.3) is 0 Å². The zero-order chi connectivity index (χ0) is 17.9. The van der Waals surface area contributed by atoms with Gasteiger partial charge in [0.15, 0.2) is 11.5 Å². The predicted octanol–water partition coefficient (Wildman–Crippen LogP) is 3.27. The molecule has 0 amide bonds. The molecule has 0 spiro atoms. The molecule has 0 saturated heterocycles. The van der Waals surface area contributed by atoms with E-state index in [0.717, 1.165) is 5.69 Å². The number of aromatic nitrogens is 2. The summed E-state index contributed by atoms with van der Waals surface area (Å²) in [7, 11) is 3.18. The number of fused-ring (bicyclic) bond motifs is 1. The third-order valence-electron chi connectivity index (χ3n) is 3.87. The molecule has 1 aliphatic heterocycles. The summed E-state index contributed by atoms with van der Waals surface area (Å²) in [5.41, 5.74) is 1.42. The lowest BCUT2D eigenvalue weighted by Gasteiger charge is -2.18. The monoisotopic (exact) mass is 355 g/mol. The van der Waals surface area contributed by atoms with Gasteiger partial charge in [0, 0.05) is 11.8 Å². The van der Waals surface area contributed by atoms with Crippen LogP contribution in [-0.2, 0) is 0 Å². The van der Waals surface area contributed by atoms with E-state index >= 15 is 0 Å². The van der Waals surface area contributed by atoms with Crippen molar-refractivity contribution < 1.29 is 23.5 Å². The van der Waals surface area contributed by atoms with Crippen LogP contribution in [0.4, 0.5) is 11.7 Å². The van der Waals surface area contributed by atoms with Crippen LogP contribution >= 0.6 is 0 Å². The molecular formula is C18H17N3O5. The van der Waals surface area contributed by atoms with E-state index in [9.17, 15) is 0 Å². The van der Waals surface area contributed by atoms with E-state index in [4.69, 9.17) is 23.5 Å². The lowest BCUT2D eigenvalue weighted by atomic mass is 10.2. The minimum Gasteiger partial charge on any atom is -0.497 e. The number of nitrogens with zero attached hydrogens (tertiary/aromatic N) is 2. The number of rotatable bonds is 5. The van der Waals surface area contributed by atoms with Crippen molar-refractivity contribution in [3.8, 4) is 34.4 Å². The molecule has 8 heteroatoms. The SMILES string of the molecule is COc1ccc(OC)c(-c2noc(Nc3ccc4c(c3)OCCO4)n2)c1. The molecule has 2 aromatic carbocycles. The van der Waals surface area contributed by atoms with Crippen molar-refractivity contribution in [2.45, 2.75) is 0 Å². The van der Waals surface area contributed by atoms with Crippen LogP contribution in [0.15, 0.2) is 40.9 Å². The Morgan fingerprint density at radius 1 is 0.962 bits per heavy atom. The van der Waals surface area contributed by atoms with E-state index in [1.807, 2.05) is 18.2 Å². The van der Waals surface area contributed by atoms with Crippen molar-refractivity contribution in [2.75, 3.05) is 32.8 Å². The molecule has 26 heavy (non-hydrogen) atoms. The molecule has 0 radical (unpaired) electrons. The van der Waals surface area contributed by atoms with E-state index in [-0.39, 0.29) is 6.01 Å². The molecule has 0 atom stereocenters. The van der Waals surface area contributed by atoms with Crippen molar-refractivity contribution >= 4 is 11.7 Å².